The third kappa shape index (κ3) is 14.4. The van der Waals surface area contributed by atoms with Gasteiger partial charge in [0.2, 0.25) is 11.2 Å². The van der Waals surface area contributed by atoms with Crippen LogP contribution in [0.4, 0.5) is 5.82 Å². The number of ether oxygens (including phenoxy) is 3. The van der Waals surface area contributed by atoms with Crippen molar-refractivity contribution in [2.75, 3.05) is 17.7 Å². The molecule has 15 heteroatoms. The third-order valence-corrected chi connectivity index (χ3v) is 11.0. The zero-order valence-corrected chi connectivity index (χ0v) is 34.7. The lowest BCUT2D eigenvalue weighted by molar-refractivity contribution is -0.145. The summed E-state index contributed by atoms with van der Waals surface area (Å²) < 4.78 is 18.8. The highest BCUT2D eigenvalue weighted by molar-refractivity contribution is 8.13. The predicted molar refractivity (Wildman–Crippen MR) is 220 cm³/mol. The first-order valence-electron chi connectivity index (χ1n) is 20.1. The second-order valence-corrected chi connectivity index (χ2v) is 16.0. The number of hydrogen-bond donors (Lipinski definition) is 2. The lowest BCUT2D eigenvalue weighted by Crippen LogP contribution is -2.43. The number of hydrogen-bond acceptors (Lipinski definition) is 12. The van der Waals surface area contributed by atoms with Gasteiger partial charge in [-0.3, -0.25) is 19.0 Å². The molecule has 57 heavy (non-hydrogen) atoms. The van der Waals surface area contributed by atoms with E-state index in [1.165, 1.54) is 82.0 Å². The van der Waals surface area contributed by atoms with E-state index in [0.717, 1.165) is 31.0 Å². The van der Waals surface area contributed by atoms with Gasteiger partial charge >= 0.3 is 11.9 Å². The number of terminal acetylenes is 1. The van der Waals surface area contributed by atoms with Crippen molar-refractivity contribution < 1.29 is 38.5 Å². The third-order valence-electron chi connectivity index (χ3n) is 9.90. The van der Waals surface area contributed by atoms with Crippen LogP contribution in [-0.2, 0) is 35.2 Å². The van der Waals surface area contributed by atoms with Crippen LogP contribution in [0.3, 0.4) is 0 Å². The monoisotopic (exact) mass is 825 g/mol. The van der Waals surface area contributed by atoms with Crippen molar-refractivity contribution in [1.82, 2.24) is 19.5 Å². The van der Waals surface area contributed by atoms with E-state index in [1.54, 1.807) is 24.3 Å². The molecule has 0 radical (unpaired) electrons. The number of thioether (sulfide) groups is 1. The Morgan fingerprint density at radius 2 is 1.65 bits per heavy atom. The molecule has 3 heterocycles. The molecule has 0 unspecified atom stereocenters. The number of aromatic nitrogens is 4. The number of imidazole rings is 1. The van der Waals surface area contributed by atoms with Gasteiger partial charge in [-0.2, -0.15) is 9.97 Å². The Kier molecular flexibility index (Phi) is 19.2. The van der Waals surface area contributed by atoms with E-state index in [-0.39, 0.29) is 64.3 Å². The zero-order valence-electron chi connectivity index (χ0n) is 33.1. The van der Waals surface area contributed by atoms with Crippen LogP contribution in [0.5, 0.6) is 0 Å². The second-order valence-electron chi connectivity index (χ2n) is 14.4. The number of aliphatic hydroxyl groups is 1. The van der Waals surface area contributed by atoms with E-state index >= 15 is 0 Å². The van der Waals surface area contributed by atoms with E-state index in [2.05, 4.69) is 33.1 Å². The maximum absolute atomic E-state index is 13.3. The molecule has 1 aliphatic heterocycles. The molecule has 0 aliphatic carbocycles. The second kappa shape index (κ2) is 24.0. The smallest absolute Gasteiger partial charge is 0.338 e. The van der Waals surface area contributed by atoms with Crippen molar-refractivity contribution in [2.45, 2.75) is 148 Å². The number of nitrogens with one attached hydrogen (secondary N) is 1. The van der Waals surface area contributed by atoms with Gasteiger partial charge in [0.25, 0.3) is 0 Å². The van der Waals surface area contributed by atoms with Gasteiger partial charge < -0.3 is 24.6 Å². The van der Waals surface area contributed by atoms with Gasteiger partial charge in [0.1, 0.15) is 25.5 Å². The highest BCUT2D eigenvalue weighted by Gasteiger charge is 2.49. The molecule has 0 saturated carbocycles. The maximum Gasteiger partial charge on any atom is 0.338 e. The normalized spacial score (nSPS) is 17.7. The fourth-order valence-corrected chi connectivity index (χ4v) is 7.41. The Balaban J connectivity index is 1.24. The van der Waals surface area contributed by atoms with E-state index < -0.39 is 30.5 Å². The molecule has 13 nitrogen and oxygen atoms in total. The van der Waals surface area contributed by atoms with Gasteiger partial charge in [0.15, 0.2) is 27.7 Å². The topological polar surface area (TPSA) is 172 Å². The number of anilines is 1. The molecule has 2 aromatic heterocycles. The number of benzene rings is 1. The highest BCUT2D eigenvalue weighted by Crippen LogP contribution is 2.39. The number of aliphatic hydroxyl groups excluding tert-OH is 1. The van der Waals surface area contributed by atoms with Crippen LogP contribution in [-0.4, -0.2) is 71.7 Å². The molecule has 3 aromatic rings. The molecule has 0 spiro atoms. The molecule has 2 N–H and O–H groups in total. The van der Waals surface area contributed by atoms with Gasteiger partial charge in [-0.25, -0.2) is 9.78 Å². The van der Waals surface area contributed by atoms with Crippen molar-refractivity contribution >= 4 is 63.3 Å². The Morgan fingerprint density at radius 3 is 2.32 bits per heavy atom. The Morgan fingerprint density at radius 1 is 0.982 bits per heavy atom. The summed E-state index contributed by atoms with van der Waals surface area (Å²) in [6.45, 7) is 3.14. The predicted octanol–water partition coefficient (Wildman–Crippen LogP) is 8.51. The minimum atomic E-state index is -1.71. The highest BCUT2D eigenvalue weighted by atomic mass is 35.5. The molecule has 1 aliphatic rings. The summed E-state index contributed by atoms with van der Waals surface area (Å²) in [6.07, 6.45) is 21.9. The first kappa shape index (κ1) is 45.7. The fourth-order valence-electron chi connectivity index (χ4n) is 6.67. The minimum Gasteiger partial charge on any atom is -0.461 e. The summed E-state index contributed by atoms with van der Waals surface area (Å²) in [6, 6.07) is 6.66. The van der Waals surface area contributed by atoms with E-state index in [1.807, 2.05) is 0 Å². The van der Waals surface area contributed by atoms with Gasteiger partial charge in [-0.15, -0.1) is 6.42 Å². The first-order valence-corrected chi connectivity index (χ1v) is 21.5. The van der Waals surface area contributed by atoms with Gasteiger partial charge in [0.05, 0.1) is 11.9 Å². The first-order chi connectivity index (χ1) is 27.6. The molecule has 1 saturated heterocycles. The van der Waals surface area contributed by atoms with E-state index in [4.69, 9.17) is 32.2 Å². The number of amides is 1. The molecule has 0 bridgehead atoms. The van der Waals surface area contributed by atoms with Crippen LogP contribution >= 0.6 is 23.4 Å². The SMILES string of the molecule is C#C[C@]1(COC(=O)c2ccccc2COC(=O)CCCCCCCCCCCCCCC)O[C@@H](n2cnc3c(NC(=O)CCCSC(C)=O)nc(Cl)nc32)C[C@@H]1O. The standard InChI is InChI=1S/C42H56ClN5O8S/c1-4-6-7-8-9-10-11-12-13-14-15-16-17-24-36(52)54-27-31-21-18-19-22-32(31)40(53)55-28-42(5-2)33(50)26-35(56-42)48-29-44-37-38(46-41(43)47-39(37)48)45-34(51)23-20-25-57-30(3)49/h2,18-19,21-22,29,33,35,50H,4,6-17,20,23-28H2,1,3H3,(H,45,46,47,51)/t33-,35+,42+/m0/s1. The molecule has 1 amide bonds. The summed E-state index contributed by atoms with van der Waals surface area (Å²) in [5, 5.41) is 13.6. The van der Waals surface area contributed by atoms with Gasteiger partial charge in [0, 0.05) is 37.5 Å². The van der Waals surface area contributed by atoms with Gasteiger partial charge in [-0.1, -0.05) is 120 Å². The van der Waals surface area contributed by atoms with Crippen molar-refractivity contribution in [3.05, 3.63) is 47.0 Å². The quantitative estimate of drug-likeness (QED) is 0.0362. The van der Waals surface area contributed by atoms with Crippen molar-refractivity contribution in [3.8, 4) is 12.3 Å². The van der Waals surface area contributed by atoms with E-state index in [9.17, 15) is 24.3 Å². The molecule has 1 fully saturated rings. The molecule has 4 rings (SSSR count). The summed E-state index contributed by atoms with van der Waals surface area (Å²) >= 11 is 7.36. The van der Waals surface area contributed by atoms with Gasteiger partial charge in [-0.05, 0) is 30.5 Å². The van der Waals surface area contributed by atoms with Crippen LogP contribution < -0.4 is 5.32 Å². The molecular weight excluding hydrogens is 770 g/mol. The van der Waals surface area contributed by atoms with Crippen molar-refractivity contribution in [3.63, 3.8) is 0 Å². The summed E-state index contributed by atoms with van der Waals surface area (Å²) in [4.78, 5) is 62.4. The van der Waals surface area contributed by atoms with Crippen LogP contribution in [0, 0.1) is 12.3 Å². The van der Waals surface area contributed by atoms with Crippen LogP contribution in [0.1, 0.15) is 145 Å². The number of nitrogens with zero attached hydrogens (tertiary/aromatic N) is 4. The van der Waals surface area contributed by atoms with Crippen LogP contribution in [0.15, 0.2) is 30.6 Å². The maximum atomic E-state index is 13.3. The van der Waals surface area contributed by atoms with Crippen molar-refractivity contribution in [2.24, 2.45) is 0 Å². The van der Waals surface area contributed by atoms with E-state index in [0.29, 0.717) is 24.2 Å². The number of carbonyl (C=O) groups is 4. The minimum absolute atomic E-state index is 0.00384. The average Bonchev–Trinajstić information content (AvgIpc) is 3.77. The Labute approximate surface area is 344 Å². The average molecular weight is 826 g/mol. The fraction of sp³-hybridized carbons (Fsp3) is 0.595. The Hall–Kier alpha value is -4.03. The molecular formula is C42H56ClN5O8S. The number of esters is 2. The summed E-state index contributed by atoms with van der Waals surface area (Å²) in [5.74, 6) is 1.68. The largest absolute Gasteiger partial charge is 0.461 e. The van der Waals surface area contributed by atoms with Crippen LogP contribution in [0.25, 0.3) is 11.2 Å². The number of rotatable bonds is 25. The number of carbonyl (C=O) groups excluding carboxylic acids is 4. The summed E-state index contributed by atoms with van der Waals surface area (Å²) in [7, 11) is 0. The lowest BCUT2D eigenvalue weighted by Gasteiger charge is -2.26. The van der Waals surface area contributed by atoms with Crippen molar-refractivity contribution in [1.29, 1.82) is 0 Å². The molecule has 1 aromatic carbocycles. The molecule has 310 valence electrons. The lowest BCUT2D eigenvalue weighted by atomic mass is 9.99. The van der Waals surface area contributed by atoms with Crippen LogP contribution in [0.2, 0.25) is 5.28 Å². The Bertz CT molecular complexity index is 1830. The zero-order chi connectivity index (χ0) is 41.0. The number of halogens is 1. The number of fused-ring (bicyclic) bond motifs is 1. The molecule has 3 atom stereocenters. The summed E-state index contributed by atoms with van der Waals surface area (Å²) in [5.41, 5.74) is -0.590. The number of unbranched alkanes of at least 4 members (excludes halogenated alkanes) is 12.